The third-order valence-electron chi connectivity index (χ3n) is 4.76. The number of benzene rings is 1. The van der Waals surface area contributed by atoms with Gasteiger partial charge in [0.1, 0.15) is 5.75 Å². The van der Waals surface area contributed by atoms with Crippen molar-refractivity contribution in [3.8, 4) is 5.75 Å². The zero-order valence-electron chi connectivity index (χ0n) is 14.9. The molecule has 1 aromatic carbocycles. The van der Waals surface area contributed by atoms with Crippen molar-refractivity contribution in [3.05, 3.63) is 29.8 Å². The van der Waals surface area contributed by atoms with Gasteiger partial charge in [-0.1, -0.05) is 44.7 Å². The summed E-state index contributed by atoms with van der Waals surface area (Å²) in [5.41, 5.74) is 1.24. The summed E-state index contributed by atoms with van der Waals surface area (Å²) in [6, 6.07) is 8.31. The topological polar surface area (TPSA) is 49.8 Å². The molecule has 1 aromatic rings. The minimum absolute atomic E-state index is 0.163. The predicted molar refractivity (Wildman–Crippen MR) is 96.3 cm³/mol. The first-order valence-electron chi connectivity index (χ1n) is 9.36. The second-order valence-electron chi connectivity index (χ2n) is 6.80. The van der Waals surface area contributed by atoms with Crippen LogP contribution in [0.4, 0.5) is 0 Å². The monoisotopic (exact) mass is 333 g/mol. The van der Waals surface area contributed by atoms with Crippen molar-refractivity contribution < 1.29 is 14.6 Å². The predicted octanol–water partition coefficient (Wildman–Crippen LogP) is 4.33. The Morgan fingerprint density at radius 2 is 1.96 bits per heavy atom. The smallest absolute Gasteiger partial charge is 0.306 e. The molecular weight excluding hydrogens is 302 g/mol. The number of nitrogens with zero attached hydrogens (tertiary/aromatic N) is 1. The molecule has 0 aromatic heterocycles. The number of carbonyl (C=O) groups is 1. The van der Waals surface area contributed by atoms with Crippen LogP contribution in [0.25, 0.3) is 0 Å². The molecule has 0 bridgehead atoms. The summed E-state index contributed by atoms with van der Waals surface area (Å²) in [4.78, 5) is 13.3. The fourth-order valence-electron chi connectivity index (χ4n) is 3.23. The summed E-state index contributed by atoms with van der Waals surface area (Å²) in [7, 11) is 0. The number of aliphatic carboxylic acids is 1. The molecule has 0 amide bonds. The van der Waals surface area contributed by atoms with Gasteiger partial charge in [-0.3, -0.25) is 9.69 Å². The normalized spacial score (nSPS) is 16.2. The number of likely N-dealkylation sites (tertiary alicyclic amines) is 1. The molecule has 1 aliphatic rings. The number of carboxylic acid groups (broad SMARTS) is 1. The van der Waals surface area contributed by atoms with Gasteiger partial charge in [0.25, 0.3) is 0 Å². The molecule has 0 unspecified atom stereocenters. The van der Waals surface area contributed by atoms with E-state index in [1.807, 2.05) is 12.1 Å². The number of rotatable bonds is 10. The van der Waals surface area contributed by atoms with Gasteiger partial charge in [-0.25, -0.2) is 0 Å². The average molecular weight is 333 g/mol. The van der Waals surface area contributed by atoms with E-state index < -0.39 is 5.97 Å². The molecule has 0 aliphatic carbocycles. The summed E-state index contributed by atoms with van der Waals surface area (Å²) in [5.74, 6) is 0.135. The summed E-state index contributed by atoms with van der Waals surface area (Å²) in [6.45, 7) is 5.61. The van der Waals surface area contributed by atoms with E-state index in [2.05, 4.69) is 24.0 Å². The highest BCUT2D eigenvalue weighted by Crippen LogP contribution is 2.21. The van der Waals surface area contributed by atoms with Gasteiger partial charge in [0, 0.05) is 6.54 Å². The molecule has 0 spiro atoms. The highest BCUT2D eigenvalue weighted by Gasteiger charge is 2.24. The third kappa shape index (κ3) is 6.52. The molecule has 1 N–H and O–H groups in total. The summed E-state index contributed by atoms with van der Waals surface area (Å²) < 4.78 is 5.87. The Balaban J connectivity index is 1.71. The lowest BCUT2D eigenvalue weighted by Gasteiger charge is -2.30. The zero-order valence-corrected chi connectivity index (χ0v) is 14.9. The van der Waals surface area contributed by atoms with Gasteiger partial charge >= 0.3 is 5.97 Å². The van der Waals surface area contributed by atoms with Gasteiger partial charge in [-0.2, -0.15) is 0 Å². The van der Waals surface area contributed by atoms with E-state index in [1.54, 1.807) is 0 Å². The van der Waals surface area contributed by atoms with Crippen LogP contribution in [0.2, 0.25) is 0 Å². The van der Waals surface area contributed by atoms with Crippen LogP contribution in [0.15, 0.2) is 24.3 Å². The van der Waals surface area contributed by atoms with Crippen molar-refractivity contribution in [2.75, 3.05) is 19.7 Å². The van der Waals surface area contributed by atoms with Gasteiger partial charge < -0.3 is 9.84 Å². The minimum atomic E-state index is -0.649. The second kappa shape index (κ2) is 10.3. The summed E-state index contributed by atoms with van der Waals surface area (Å²) in [6.07, 6.45) is 7.75. The van der Waals surface area contributed by atoms with Gasteiger partial charge in [0.15, 0.2) is 0 Å². The van der Waals surface area contributed by atoms with E-state index in [0.29, 0.717) is 0 Å². The molecular formula is C20H31NO3. The summed E-state index contributed by atoms with van der Waals surface area (Å²) in [5, 5.41) is 9.07. The Hall–Kier alpha value is -1.55. The molecule has 134 valence electrons. The van der Waals surface area contributed by atoms with E-state index >= 15 is 0 Å². The lowest BCUT2D eigenvalue weighted by Crippen LogP contribution is -2.35. The number of carboxylic acids is 1. The van der Waals surface area contributed by atoms with E-state index in [4.69, 9.17) is 9.84 Å². The quantitative estimate of drug-likeness (QED) is 0.647. The third-order valence-corrected chi connectivity index (χ3v) is 4.76. The average Bonchev–Trinajstić information content (AvgIpc) is 2.59. The van der Waals surface area contributed by atoms with Crippen molar-refractivity contribution >= 4 is 5.97 Å². The van der Waals surface area contributed by atoms with Gasteiger partial charge in [-0.15, -0.1) is 0 Å². The Kier molecular flexibility index (Phi) is 8.10. The molecule has 4 heteroatoms. The number of hydrogen-bond donors (Lipinski definition) is 1. The van der Waals surface area contributed by atoms with Crippen molar-refractivity contribution in [2.45, 2.75) is 58.4 Å². The molecule has 1 fully saturated rings. The first-order chi connectivity index (χ1) is 11.7. The SMILES string of the molecule is CCCCCCCOc1cccc(CN2CCC(C(=O)O)CC2)c1. The molecule has 4 nitrogen and oxygen atoms in total. The molecule has 2 rings (SSSR count). The molecule has 1 saturated heterocycles. The van der Waals surface area contributed by atoms with Crippen LogP contribution < -0.4 is 4.74 Å². The minimum Gasteiger partial charge on any atom is -0.494 e. The zero-order chi connectivity index (χ0) is 17.2. The van der Waals surface area contributed by atoms with E-state index in [1.165, 1.54) is 31.2 Å². The Morgan fingerprint density at radius 1 is 1.21 bits per heavy atom. The largest absolute Gasteiger partial charge is 0.494 e. The van der Waals surface area contributed by atoms with E-state index in [0.717, 1.165) is 51.3 Å². The lowest BCUT2D eigenvalue weighted by atomic mass is 9.97. The van der Waals surface area contributed by atoms with Crippen LogP contribution in [-0.2, 0) is 11.3 Å². The van der Waals surface area contributed by atoms with E-state index in [-0.39, 0.29) is 5.92 Å². The van der Waals surface area contributed by atoms with Crippen LogP contribution in [0.3, 0.4) is 0 Å². The maximum absolute atomic E-state index is 11.0. The first-order valence-corrected chi connectivity index (χ1v) is 9.36. The second-order valence-corrected chi connectivity index (χ2v) is 6.80. The molecule has 0 saturated carbocycles. The van der Waals surface area contributed by atoms with Crippen LogP contribution in [-0.4, -0.2) is 35.7 Å². The van der Waals surface area contributed by atoms with Crippen molar-refractivity contribution in [3.63, 3.8) is 0 Å². The van der Waals surface area contributed by atoms with Gasteiger partial charge in [-0.05, 0) is 50.0 Å². The fraction of sp³-hybridized carbons (Fsp3) is 0.650. The summed E-state index contributed by atoms with van der Waals surface area (Å²) >= 11 is 0. The number of ether oxygens (including phenoxy) is 1. The van der Waals surface area contributed by atoms with Gasteiger partial charge in [0.2, 0.25) is 0 Å². The molecule has 1 heterocycles. The first kappa shape index (κ1) is 18.8. The van der Waals surface area contributed by atoms with Crippen molar-refractivity contribution in [1.82, 2.24) is 4.90 Å². The number of piperidine rings is 1. The Labute approximate surface area is 145 Å². The van der Waals surface area contributed by atoms with Crippen LogP contribution in [0.1, 0.15) is 57.4 Å². The molecule has 1 aliphatic heterocycles. The molecule has 24 heavy (non-hydrogen) atoms. The van der Waals surface area contributed by atoms with Gasteiger partial charge in [0.05, 0.1) is 12.5 Å². The highest BCUT2D eigenvalue weighted by atomic mass is 16.5. The van der Waals surface area contributed by atoms with Crippen molar-refractivity contribution in [1.29, 1.82) is 0 Å². The number of unbranched alkanes of at least 4 members (excludes halogenated alkanes) is 4. The lowest BCUT2D eigenvalue weighted by molar-refractivity contribution is -0.143. The number of hydrogen-bond acceptors (Lipinski definition) is 3. The maximum Gasteiger partial charge on any atom is 0.306 e. The highest BCUT2D eigenvalue weighted by molar-refractivity contribution is 5.70. The standard InChI is InChI=1S/C20H31NO3/c1-2-3-4-5-6-14-24-19-9-7-8-17(15-19)16-21-12-10-18(11-13-21)20(22)23/h7-9,15,18H,2-6,10-14,16H2,1H3,(H,22,23). The van der Waals surface area contributed by atoms with Crippen LogP contribution in [0, 0.1) is 5.92 Å². The molecule has 0 radical (unpaired) electrons. The fourth-order valence-corrected chi connectivity index (χ4v) is 3.23. The molecule has 0 atom stereocenters. The van der Waals surface area contributed by atoms with Crippen molar-refractivity contribution in [2.24, 2.45) is 5.92 Å². The maximum atomic E-state index is 11.0. The van der Waals surface area contributed by atoms with Crippen LogP contribution in [0.5, 0.6) is 5.75 Å². The van der Waals surface area contributed by atoms with E-state index in [9.17, 15) is 4.79 Å². The Bertz CT molecular complexity index is 495. The van der Waals surface area contributed by atoms with Crippen LogP contribution >= 0.6 is 0 Å². The Morgan fingerprint density at radius 3 is 2.67 bits per heavy atom.